The van der Waals surface area contributed by atoms with Crippen LogP contribution >= 0.6 is 0 Å². The minimum Gasteiger partial charge on any atom is -0.481 e. The Bertz CT molecular complexity index is 1810. The number of sulfone groups is 1. The number of nitrogens with one attached hydrogen (secondary N) is 4. The van der Waals surface area contributed by atoms with Crippen LogP contribution in [-0.4, -0.2) is 89.4 Å². The van der Waals surface area contributed by atoms with Gasteiger partial charge in [0, 0.05) is 30.2 Å². The summed E-state index contributed by atoms with van der Waals surface area (Å²) < 4.78 is 28.7. The molecule has 1 unspecified atom stereocenters. The van der Waals surface area contributed by atoms with E-state index in [0.717, 1.165) is 40.0 Å². The Morgan fingerprint density at radius 2 is 1.57 bits per heavy atom. The van der Waals surface area contributed by atoms with Crippen molar-refractivity contribution >= 4 is 45.8 Å². The van der Waals surface area contributed by atoms with E-state index in [1.807, 2.05) is 48.5 Å². The van der Waals surface area contributed by atoms with Gasteiger partial charge < -0.3 is 35.9 Å². The summed E-state index contributed by atoms with van der Waals surface area (Å²) in [5, 5.41) is 26.5. The number of carbonyl (C=O) groups excluding carboxylic acids is 3. The Balaban J connectivity index is 1.50. The summed E-state index contributed by atoms with van der Waals surface area (Å²) >= 11 is 0. The van der Waals surface area contributed by atoms with Gasteiger partial charge in [-0.3, -0.25) is 19.2 Å². The van der Waals surface area contributed by atoms with E-state index in [9.17, 15) is 42.6 Å². The number of ether oxygens (including phenoxy) is 1. The minimum absolute atomic E-state index is 0.0729. The Labute approximate surface area is 281 Å². The van der Waals surface area contributed by atoms with E-state index in [-0.39, 0.29) is 18.9 Å². The van der Waals surface area contributed by atoms with Crippen molar-refractivity contribution in [3.8, 4) is 11.1 Å². The van der Waals surface area contributed by atoms with Crippen LogP contribution in [0.1, 0.15) is 42.0 Å². The lowest BCUT2D eigenvalue weighted by molar-refractivity contribution is -0.139. The molecular weight excluding hydrogens is 658 g/mol. The smallest absolute Gasteiger partial charge is 0.407 e. The Kier molecular flexibility index (Phi) is 12.0. The summed E-state index contributed by atoms with van der Waals surface area (Å²) in [5.41, 5.74) is 4.31. The van der Waals surface area contributed by atoms with E-state index < -0.39 is 70.7 Å². The number of hydrogen-bond donors (Lipinski definition) is 6. The van der Waals surface area contributed by atoms with Gasteiger partial charge in [0.1, 0.15) is 18.7 Å². The molecule has 258 valence electrons. The van der Waals surface area contributed by atoms with E-state index >= 15 is 0 Å². The van der Waals surface area contributed by atoms with Crippen molar-refractivity contribution in [1.82, 2.24) is 25.9 Å². The fourth-order valence-electron chi connectivity index (χ4n) is 5.20. The predicted octanol–water partition coefficient (Wildman–Crippen LogP) is 2.20. The average molecular weight is 694 g/mol. The molecule has 15 nitrogen and oxygen atoms in total. The molecule has 0 saturated carbocycles. The standard InChI is InChI=1S/C33H35N5O10S/c1-49(46,47)15-14-20(16-30(41)42)36-31(43)27(11-10-21-17-34-19-35-21)37-32(44)28(12-13-29(39)40)38-33(45)48-18-26-24-8-4-2-6-22(24)23-7-3-5-9-25(23)26/h2-11,14-15,17,19-20,26-28H,12-13,16,18H2,1H3,(H,34,35)(H,36,43)(H,37,44)(H,38,45)(H,39,40)(H,41,42)/b11-10+,15-14+/t20-,27?,28+/m1/s1. The molecule has 1 aromatic heterocycles. The van der Waals surface area contributed by atoms with Gasteiger partial charge in [0.05, 0.1) is 24.5 Å². The number of aliphatic carboxylic acids is 2. The molecule has 16 heteroatoms. The van der Waals surface area contributed by atoms with Crippen LogP contribution in [0.3, 0.4) is 0 Å². The number of carboxylic acids is 2. The second kappa shape index (κ2) is 16.4. The number of nitrogens with zero attached hydrogens (tertiary/aromatic N) is 1. The molecule has 49 heavy (non-hydrogen) atoms. The van der Waals surface area contributed by atoms with Crippen molar-refractivity contribution in [3.63, 3.8) is 0 Å². The van der Waals surface area contributed by atoms with Gasteiger partial charge in [0.2, 0.25) is 11.8 Å². The molecule has 3 amide bonds. The van der Waals surface area contributed by atoms with Crippen LogP contribution in [0.25, 0.3) is 17.2 Å². The molecule has 6 N–H and O–H groups in total. The van der Waals surface area contributed by atoms with Crippen LogP contribution in [0.4, 0.5) is 4.79 Å². The maximum atomic E-state index is 13.5. The molecule has 0 fully saturated rings. The van der Waals surface area contributed by atoms with Crippen molar-refractivity contribution in [3.05, 3.63) is 95.4 Å². The summed E-state index contributed by atoms with van der Waals surface area (Å²) in [5.74, 6) is -4.72. The number of imidazole rings is 1. The van der Waals surface area contributed by atoms with E-state index in [0.29, 0.717) is 5.69 Å². The molecule has 0 bridgehead atoms. The molecule has 2 aromatic carbocycles. The van der Waals surface area contributed by atoms with Crippen molar-refractivity contribution in [2.45, 2.75) is 43.3 Å². The van der Waals surface area contributed by atoms with Crippen LogP contribution in [0.5, 0.6) is 0 Å². The predicted molar refractivity (Wildman–Crippen MR) is 177 cm³/mol. The van der Waals surface area contributed by atoms with Crippen LogP contribution in [0, 0.1) is 0 Å². The average Bonchev–Trinajstić information content (AvgIpc) is 3.68. The van der Waals surface area contributed by atoms with Crippen LogP contribution < -0.4 is 16.0 Å². The van der Waals surface area contributed by atoms with Gasteiger partial charge in [-0.2, -0.15) is 0 Å². The second-order valence-electron chi connectivity index (χ2n) is 11.2. The topological polar surface area (TPSA) is 234 Å². The zero-order chi connectivity index (χ0) is 35.6. The molecule has 3 aromatic rings. The molecule has 3 atom stereocenters. The number of hydrogen-bond acceptors (Lipinski definition) is 9. The van der Waals surface area contributed by atoms with E-state index in [1.165, 1.54) is 24.7 Å². The lowest BCUT2D eigenvalue weighted by Gasteiger charge is -2.23. The summed E-state index contributed by atoms with van der Waals surface area (Å²) in [7, 11) is -3.67. The number of fused-ring (bicyclic) bond motifs is 3. The third kappa shape index (κ3) is 10.6. The first kappa shape index (κ1) is 36.1. The van der Waals surface area contributed by atoms with E-state index in [4.69, 9.17) is 4.74 Å². The third-order valence-electron chi connectivity index (χ3n) is 7.44. The van der Waals surface area contributed by atoms with Gasteiger partial charge in [-0.05, 0) is 34.8 Å². The minimum atomic E-state index is -3.67. The number of amides is 3. The van der Waals surface area contributed by atoms with Crippen molar-refractivity contribution in [2.75, 3.05) is 12.9 Å². The highest BCUT2D eigenvalue weighted by Gasteiger charge is 2.31. The molecule has 4 rings (SSSR count). The molecule has 0 saturated heterocycles. The second-order valence-corrected chi connectivity index (χ2v) is 13.1. The normalized spacial score (nSPS) is 14.4. The molecule has 0 aliphatic heterocycles. The van der Waals surface area contributed by atoms with Gasteiger partial charge in [-0.1, -0.05) is 60.7 Å². The molecule has 1 heterocycles. The first-order valence-corrected chi connectivity index (χ1v) is 17.0. The fraction of sp³-hybridized carbons (Fsp3) is 0.273. The summed E-state index contributed by atoms with van der Waals surface area (Å²) in [6, 6.07) is 11.2. The highest BCUT2D eigenvalue weighted by molar-refractivity contribution is 7.93. The summed E-state index contributed by atoms with van der Waals surface area (Å²) in [4.78, 5) is 69.3. The van der Waals surface area contributed by atoms with Gasteiger partial charge >= 0.3 is 18.0 Å². The number of carboxylic acid groups (broad SMARTS) is 2. The monoisotopic (exact) mass is 693 g/mol. The van der Waals surface area contributed by atoms with E-state index in [1.54, 1.807) is 0 Å². The maximum Gasteiger partial charge on any atom is 0.407 e. The highest BCUT2D eigenvalue weighted by Crippen LogP contribution is 2.44. The first-order chi connectivity index (χ1) is 23.3. The van der Waals surface area contributed by atoms with Gasteiger partial charge in [0.25, 0.3) is 0 Å². The number of alkyl carbamates (subject to hydrolysis) is 1. The summed E-state index contributed by atoms with van der Waals surface area (Å²) in [6.07, 6.45) is 4.81. The summed E-state index contributed by atoms with van der Waals surface area (Å²) in [6.45, 7) is -0.0729. The Hall–Kier alpha value is -5.77. The number of benzene rings is 2. The van der Waals surface area contributed by atoms with Crippen molar-refractivity contribution in [2.24, 2.45) is 0 Å². The molecule has 1 aliphatic rings. The lowest BCUT2D eigenvalue weighted by atomic mass is 9.98. The number of H-pyrrole nitrogens is 1. The highest BCUT2D eigenvalue weighted by atomic mass is 32.2. The lowest BCUT2D eigenvalue weighted by Crippen LogP contribution is -2.54. The van der Waals surface area contributed by atoms with Crippen molar-refractivity contribution < 1.29 is 47.3 Å². The SMILES string of the molecule is CS(=O)(=O)/C=C/[C@H](CC(=O)O)NC(=O)C(/C=C/c1c[nH]cn1)NC(=O)[C@H](CCC(=O)O)NC(=O)OCC1c2ccccc2-c2ccccc21. The van der Waals surface area contributed by atoms with Crippen LogP contribution in [0.2, 0.25) is 0 Å². The maximum absolute atomic E-state index is 13.5. The van der Waals surface area contributed by atoms with Gasteiger partial charge in [-0.25, -0.2) is 18.2 Å². The van der Waals surface area contributed by atoms with Gasteiger partial charge in [-0.15, -0.1) is 0 Å². The largest absolute Gasteiger partial charge is 0.481 e. The molecule has 1 aliphatic carbocycles. The molecular formula is C33H35N5O10S. The van der Waals surface area contributed by atoms with Gasteiger partial charge in [0.15, 0.2) is 9.84 Å². The molecule has 0 radical (unpaired) electrons. The number of carbonyl (C=O) groups is 5. The molecule has 0 spiro atoms. The van der Waals surface area contributed by atoms with Crippen molar-refractivity contribution in [1.29, 1.82) is 0 Å². The first-order valence-electron chi connectivity index (χ1n) is 15.0. The Morgan fingerprint density at radius 3 is 2.14 bits per heavy atom. The number of aromatic amines is 1. The fourth-order valence-corrected chi connectivity index (χ4v) is 5.67. The Morgan fingerprint density at radius 1 is 0.918 bits per heavy atom. The van der Waals surface area contributed by atoms with E-state index in [2.05, 4.69) is 25.9 Å². The van der Waals surface area contributed by atoms with Crippen LogP contribution in [0.15, 0.2) is 78.6 Å². The third-order valence-corrected chi connectivity index (χ3v) is 8.09. The number of aromatic nitrogens is 2. The zero-order valence-electron chi connectivity index (χ0n) is 26.2. The quantitative estimate of drug-likeness (QED) is 0.127. The number of rotatable bonds is 16. The van der Waals surface area contributed by atoms with Crippen LogP contribution in [-0.2, 0) is 33.8 Å². The zero-order valence-corrected chi connectivity index (χ0v) is 27.1.